The maximum Gasteiger partial charge on any atom is 0.222 e. The Kier molecular flexibility index (Phi) is 18.6. The Morgan fingerprint density at radius 1 is 0.923 bits per heavy atom. The summed E-state index contributed by atoms with van der Waals surface area (Å²) in [6.45, 7) is 5.69. The van der Waals surface area contributed by atoms with Gasteiger partial charge in [-0.2, -0.15) is 0 Å². The van der Waals surface area contributed by atoms with Gasteiger partial charge in [-0.05, 0) is 12.8 Å². The first kappa shape index (κ1) is 25.4. The molecule has 1 atom stereocenters. The first-order chi connectivity index (χ1) is 12.7. The van der Waals surface area contributed by atoms with Gasteiger partial charge < -0.3 is 19.8 Å². The average Bonchev–Trinajstić information content (AvgIpc) is 2.63. The molecule has 5 nitrogen and oxygen atoms in total. The molecule has 5 heteroatoms. The van der Waals surface area contributed by atoms with E-state index in [1.54, 1.807) is 4.90 Å². The van der Waals surface area contributed by atoms with Crippen LogP contribution >= 0.6 is 0 Å². The Morgan fingerprint density at radius 2 is 1.50 bits per heavy atom. The number of amides is 1. The standard InChI is InChI=1S/C21H43NO4/c1-3-5-7-8-9-10-11-13-17-26-19-20(24)18-22(15-16-23)21(25)14-12-6-4-2/h20,23-24H,3-19H2,1-2H3. The quantitative estimate of drug-likeness (QED) is 0.337. The number of carbonyl (C=O) groups is 1. The number of carbonyl (C=O) groups excluding carboxylic acids is 1. The molecule has 0 fully saturated rings. The van der Waals surface area contributed by atoms with Crippen molar-refractivity contribution in [2.45, 2.75) is 97.0 Å². The van der Waals surface area contributed by atoms with Crippen LogP contribution in [0.3, 0.4) is 0 Å². The number of ether oxygens (including phenoxy) is 1. The van der Waals surface area contributed by atoms with Gasteiger partial charge in [0.1, 0.15) is 0 Å². The summed E-state index contributed by atoms with van der Waals surface area (Å²) in [6, 6.07) is 0. The second-order valence-corrected chi connectivity index (χ2v) is 7.22. The maximum absolute atomic E-state index is 12.1. The van der Waals surface area contributed by atoms with Crippen LogP contribution < -0.4 is 0 Å². The molecule has 0 aromatic heterocycles. The Bertz CT molecular complexity index is 312. The van der Waals surface area contributed by atoms with E-state index in [-0.39, 0.29) is 32.2 Å². The molecule has 1 amide bonds. The Morgan fingerprint density at radius 3 is 2.12 bits per heavy atom. The van der Waals surface area contributed by atoms with Crippen molar-refractivity contribution in [3.8, 4) is 0 Å². The molecule has 0 aromatic rings. The van der Waals surface area contributed by atoms with E-state index in [1.807, 2.05) is 0 Å². The van der Waals surface area contributed by atoms with Crippen molar-refractivity contribution < 1.29 is 19.7 Å². The lowest BCUT2D eigenvalue weighted by Crippen LogP contribution is -2.40. The van der Waals surface area contributed by atoms with Gasteiger partial charge in [0.15, 0.2) is 0 Å². The summed E-state index contributed by atoms with van der Waals surface area (Å²) in [6.07, 6.45) is 12.8. The van der Waals surface area contributed by atoms with Crippen LogP contribution in [-0.2, 0) is 9.53 Å². The Hall–Kier alpha value is -0.650. The number of unbranched alkanes of at least 4 members (excludes halogenated alkanes) is 9. The van der Waals surface area contributed by atoms with Crippen LogP contribution in [0, 0.1) is 0 Å². The fraction of sp³-hybridized carbons (Fsp3) is 0.952. The van der Waals surface area contributed by atoms with Crippen molar-refractivity contribution >= 4 is 5.91 Å². The van der Waals surface area contributed by atoms with Gasteiger partial charge in [-0.3, -0.25) is 4.79 Å². The van der Waals surface area contributed by atoms with Crippen LogP contribution in [0.2, 0.25) is 0 Å². The maximum atomic E-state index is 12.1. The minimum absolute atomic E-state index is 0.00891. The summed E-state index contributed by atoms with van der Waals surface area (Å²) in [5.74, 6) is 0.00891. The molecule has 26 heavy (non-hydrogen) atoms. The summed E-state index contributed by atoms with van der Waals surface area (Å²) in [7, 11) is 0. The van der Waals surface area contributed by atoms with Gasteiger partial charge in [-0.1, -0.05) is 71.6 Å². The normalized spacial score (nSPS) is 12.3. The van der Waals surface area contributed by atoms with Crippen LogP contribution in [-0.4, -0.2) is 60.0 Å². The van der Waals surface area contributed by atoms with Gasteiger partial charge in [0, 0.05) is 26.1 Å². The lowest BCUT2D eigenvalue weighted by atomic mass is 10.1. The zero-order chi connectivity index (χ0) is 19.5. The van der Waals surface area contributed by atoms with Crippen molar-refractivity contribution in [3.05, 3.63) is 0 Å². The van der Waals surface area contributed by atoms with Gasteiger partial charge in [0.25, 0.3) is 0 Å². The number of hydrogen-bond donors (Lipinski definition) is 2. The summed E-state index contributed by atoms with van der Waals surface area (Å²) >= 11 is 0. The highest BCUT2D eigenvalue weighted by Gasteiger charge is 2.16. The molecular formula is C21H43NO4. The third-order valence-corrected chi connectivity index (χ3v) is 4.60. The molecule has 0 bridgehead atoms. The van der Waals surface area contributed by atoms with E-state index in [9.17, 15) is 9.90 Å². The topological polar surface area (TPSA) is 70.0 Å². The second-order valence-electron chi connectivity index (χ2n) is 7.22. The number of nitrogens with zero attached hydrogens (tertiary/aromatic N) is 1. The zero-order valence-electron chi connectivity index (χ0n) is 17.3. The zero-order valence-corrected chi connectivity index (χ0v) is 17.3. The van der Waals surface area contributed by atoms with Crippen molar-refractivity contribution in [1.82, 2.24) is 4.90 Å². The number of hydrogen-bond acceptors (Lipinski definition) is 4. The number of aliphatic hydroxyl groups excluding tert-OH is 2. The molecule has 0 aromatic carbocycles. The van der Waals surface area contributed by atoms with Gasteiger partial charge in [-0.15, -0.1) is 0 Å². The number of rotatable bonds is 19. The molecule has 2 N–H and O–H groups in total. The van der Waals surface area contributed by atoms with E-state index in [1.165, 1.54) is 44.9 Å². The molecule has 0 aliphatic rings. The summed E-state index contributed by atoms with van der Waals surface area (Å²) in [5, 5.41) is 19.2. The third kappa shape index (κ3) is 15.6. The van der Waals surface area contributed by atoms with Gasteiger partial charge in [0.05, 0.1) is 19.3 Å². The highest BCUT2D eigenvalue weighted by Crippen LogP contribution is 2.08. The van der Waals surface area contributed by atoms with Crippen LogP contribution in [0.15, 0.2) is 0 Å². The molecule has 0 rings (SSSR count). The minimum Gasteiger partial charge on any atom is -0.395 e. The highest BCUT2D eigenvalue weighted by atomic mass is 16.5. The molecule has 0 saturated carbocycles. The van der Waals surface area contributed by atoms with Gasteiger partial charge in [-0.25, -0.2) is 0 Å². The Balaban J connectivity index is 3.72. The minimum atomic E-state index is -0.689. The molecule has 0 saturated heterocycles. The molecule has 1 unspecified atom stereocenters. The summed E-state index contributed by atoms with van der Waals surface area (Å²) < 4.78 is 5.55. The molecule has 0 aliphatic carbocycles. The van der Waals surface area contributed by atoms with E-state index >= 15 is 0 Å². The SMILES string of the molecule is CCCCCCCCCCOCC(O)CN(CCO)C(=O)CCCCC. The molecule has 0 spiro atoms. The third-order valence-electron chi connectivity index (χ3n) is 4.60. The molecule has 0 aliphatic heterocycles. The second kappa shape index (κ2) is 19.1. The molecule has 0 radical (unpaired) electrons. The monoisotopic (exact) mass is 373 g/mol. The summed E-state index contributed by atoms with van der Waals surface area (Å²) in [5.41, 5.74) is 0. The first-order valence-electron chi connectivity index (χ1n) is 10.8. The van der Waals surface area contributed by atoms with Crippen molar-refractivity contribution in [3.63, 3.8) is 0 Å². The lowest BCUT2D eigenvalue weighted by Gasteiger charge is -2.24. The number of aliphatic hydroxyl groups is 2. The predicted octanol–water partition coefficient (Wildman–Crippen LogP) is 3.91. The van der Waals surface area contributed by atoms with Crippen LogP contribution in [0.4, 0.5) is 0 Å². The van der Waals surface area contributed by atoms with Gasteiger partial charge >= 0.3 is 0 Å². The smallest absolute Gasteiger partial charge is 0.222 e. The van der Waals surface area contributed by atoms with E-state index in [0.29, 0.717) is 13.0 Å². The molecule has 156 valence electrons. The van der Waals surface area contributed by atoms with Crippen LogP contribution in [0.25, 0.3) is 0 Å². The van der Waals surface area contributed by atoms with Crippen molar-refractivity contribution in [2.75, 3.05) is 32.9 Å². The van der Waals surface area contributed by atoms with Crippen molar-refractivity contribution in [2.24, 2.45) is 0 Å². The highest BCUT2D eigenvalue weighted by molar-refractivity contribution is 5.76. The van der Waals surface area contributed by atoms with Crippen molar-refractivity contribution in [1.29, 1.82) is 0 Å². The lowest BCUT2D eigenvalue weighted by molar-refractivity contribution is -0.133. The largest absolute Gasteiger partial charge is 0.395 e. The first-order valence-corrected chi connectivity index (χ1v) is 10.8. The fourth-order valence-corrected chi connectivity index (χ4v) is 2.99. The average molecular weight is 374 g/mol. The predicted molar refractivity (Wildman–Crippen MR) is 107 cm³/mol. The summed E-state index contributed by atoms with van der Waals surface area (Å²) in [4.78, 5) is 13.7. The fourth-order valence-electron chi connectivity index (χ4n) is 2.99. The van der Waals surface area contributed by atoms with Gasteiger partial charge in [0.2, 0.25) is 5.91 Å². The molecule has 0 heterocycles. The molecular weight excluding hydrogens is 330 g/mol. The van der Waals surface area contributed by atoms with E-state index in [2.05, 4.69) is 13.8 Å². The Labute approximate surface area is 161 Å². The van der Waals surface area contributed by atoms with E-state index in [0.717, 1.165) is 25.7 Å². The van der Waals surface area contributed by atoms with Crippen LogP contribution in [0.1, 0.15) is 90.9 Å². The van der Waals surface area contributed by atoms with E-state index < -0.39 is 6.10 Å². The van der Waals surface area contributed by atoms with Crippen LogP contribution in [0.5, 0.6) is 0 Å². The van der Waals surface area contributed by atoms with E-state index in [4.69, 9.17) is 9.84 Å².